The molecular weight excluding hydrogens is 330 g/mol. The molecule has 0 aliphatic heterocycles. The standard InChI is InChI=1S/C19H17N5O2/c1-25-16-6-4-15(5-7-16)24-13-14(11-22-24)18-8-9-20-19(23-18)21-12-17-3-2-10-26-17/h2-11,13H,12H2,1H3,(H,20,21,23). The molecule has 0 atom stereocenters. The molecule has 1 N–H and O–H groups in total. The topological polar surface area (TPSA) is 78.0 Å². The van der Waals surface area contributed by atoms with Crippen molar-refractivity contribution >= 4 is 5.95 Å². The van der Waals surface area contributed by atoms with Crippen molar-refractivity contribution in [1.82, 2.24) is 19.7 Å². The normalized spacial score (nSPS) is 10.7. The summed E-state index contributed by atoms with van der Waals surface area (Å²) in [4.78, 5) is 8.78. The summed E-state index contributed by atoms with van der Waals surface area (Å²) in [5.74, 6) is 2.17. The Labute approximate surface area is 150 Å². The van der Waals surface area contributed by atoms with Crippen molar-refractivity contribution < 1.29 is 9.15 Å². The Bertz CT molecular complexity index is 977. The fourth-order valence-corrected chi connectivity index (χ4v) is 2.52. The predicted octanol–water partition coefficient (Wildman–Crippen LogP) is 3.54. The number of furan rings is 1. The first-order chi connectivity index (χ1) is 12.8. The molecule has 0 radical (unpaired) electrons. The zero-order valence-electron chi connectivity index (χ0n) is 14.2. The highest BCUT2D eigenvalue weighted by Crippen LogP contribution is 2.20. The van der Waals surface area contributed by atoms with E-state index >= 15 is 0 Å². The average Bonchev–Trinajstić information content (AvgIpc) is 3.39. The van der Waals surface area contributed by atoms with Crippen molar-refractivity contribution in [2.45, 2.75) is 6.54 Å². The Morgan fingerprint density at radius 3 is 2.81 bits per heavy atom. The Kier molecular flexibility index (Phi) is 4.34. The Hall–Kier alpha value is -3.61. The van der Waals surface area contributed by atoms with E-state index in [0.717, 1.165) is 28.5 Å². The van der Waals surface area contributed by atoms with Gasteiger partial charge in [-0.25, -0.2) is 14.6 Å². The number of hydrogen-bond donors (Lipinski definition) is 1. The summed E-state index contributed by atoms with van der Waals surface area (Å²) in [6, 6.07) is 13.3. The quantitative estimate of drug-likeness (QED) is 0.575. The Morgan fingerprint density at radius 1 is 1.15 bits per heavy atom. The lowest BCUT2D eigenvalue weighted by Gasteiger charge is -2.04. The number of aromatic nitrogens is 4. The number of methoxy groups -OCH3 is 1. The highest BCUT2D eigenvalue weighted by atomic mass is 16.5. The van der Waals surface area contributed by atoms with E-state index in [0.29, 0.717) is 12.5 Å². The third-order valence-corrected chi connectivity index (χ3v) is 3.87. The fourth-order valence-electron chi connectivity index (χ4n) is 2.52. The van der Waals surface area contributed by atoms with Gasteiger partial charge in [0.2, 0.25) is 5.95 Å². The van der Waals surface area contributed by atoms with E-state index in [4.69, 9.17) is 9.15 Å². The second-order valence-corrected chi connectivity index (χ2v) is 5.57. The minimum Gasteiger partial charge on any atom is -0.497 e. The number of hydrogen-bond acceptors (Lipinski definition) is 6. The van der Waals surface area contributed by atoms with Gasteiger partial charge in [-0.15, -0.1) is 0 Å². The molecule has 0 saturated carbocycles. The van der Waals surface area contributed by atoms with Gasteiger partial charge >= 0.3 is 0 Å². The van der Waals surface area contributed by atoms with Crippen LogP contribution in [0.3, 0.4) is 0 Å². The molecule has 3 aromatic heterocycles. The Morgan fingerprint density at radius 2 is 2.04 bits per heavy atom. The van der Waals surface area contributed by atoms with E-state index in [-0.39, 0.29) is 0 Å². The van der Waals surface area contributed by atoms with Gasteiger partial charge in [-0.2, -0.15) is 5.10 Å². The molecule has 0 bridgehead atoms. The summed E-state index contributed by atoms with van der Waals surface area (Å²) in [7, 11) is 1.65. The molecule has 0 amide bonds. The summed E-state index contributed by atoms with van der Waals surface area (Å²) in [5, 5.41) is 7.57. The van der Waals surface area contributed by atoms with E-state index in [2.05, 4.69) is 20.4 Å². The molecule has 4 rings (SSSR count). The van der Waals surface area contributed by atoms with Crippen LogP contribution < -0.4 is 10.1 Å². The van der Waals surface area contributed by atoms with Crippen LogP contribution in [0.15, 0.2) is 71.7 Å². The SMILES string of the molecule is COc1ccc(-n2cc(-c3ccnc(NCc4ccco4)n3)cn2)cc1. The summed E-state index contributed by atoms with van der Waals surface area (Å²) in [5.41, 5.74) is 2.65. The van der Waals surface area contributed by atoms with Crippen LogP contribution in [0.2, 0.25) is 0 Å². The monoisotopic (exact) mass is 347 g/mol. The second-order valence-electron chi connectivity index (χ2n) is 5.57. The van der Waals surface area contributed by atoms with Crippen LogP contribution in [0, 0.1) is 0 Å². The van der Waals surface area contributed by atoms with Crippen LogP contribution in [0.1, 0.15) is 5.76 Å². The Balaban J connectivity index is 1.52. The fraction of sp³-hybridized carbons (Fsp3) is 0.105. The number of rotatable bonds is 6. The summed E-state index contributed by atoms with van der Waals surface area (Å²) < 4.78 is 12.3. The lowest BCUT2D eigenvalue weighted by Crippen LogP contribution is -2.03. The minimum absolute atomic E-state index is 0.529. The molecule has 7 heteroatoms. The molecular formula is C19H17N5O2. The zero-order valence-corrected chi connectivity index (χ0v) is 14.2. The third-order valence-electron chi connectivity index (χ3n) is 3.87. The number of benzene rings is 1. The van der Waals surface area contributed by atoms with Crippen LogP contribution in [-0.2, 0) is 6.54 Å². The molecule has 0 spiro atoms. The smallest absolute Gasteiger partial charge is 0.223 e. The van der Waals surface area contributed by atoms with Crippen LogP contribution in [0.25, 0.3) is 16.9 Å². The van der Waals surface area contributed by atoms with E-state index in [9.17, 15) is 0 Å². The van der Waals surface area contributed by atoms with Gasteiger partial charge in [0.15, 0.2) is 0 Å². The van der Waals surface area contributed by atoms with E-state index < -0.39 is 0 Å². The van der Waals surface area contributed by atoms with Crippen molar-refractivity contribution in [3.05, 3.63) is 73.1 Å². The van der Waals surface area contributed by atoms with Gasteiger partial charge in [-0.3, -0.25) is 0 Å². The predicted molar refractivity (Wildman–Crippen MR) is 97.2 cm³/mol. The van der Waals surface area contributed by atoms with Gasteiger partial charge in [-0.1, -0.05) is 0 Å². The van der Waals surface area contributed by atoms with Crippen LogP contribution in [0.5, 0.6) is 5.75 Å². The zero-order chi connectivity index (χ0) is 17.8. The maximum Gasteiger partial charge on any atom is 0.223 e. The average molecular weight is 347 g/mol. The van der Waals surface area contributed by atoms with Gasteiger partial charge in [0.25, 0.3) is 0 Å². The van der Waals surface area contributed by atoms with E-state index in [1.165, 1.54) is 0 Å². The van der Waals surface area contributed by atoms with Crippen LogP contribution in [0.4, 0.5) is 5.95 Å². The van der Waals surface area contributed by atoms with Crippen molar-refractivity contribution in [2.24, 2.45) is 0 Å². The molecule has 0 fully saturated rings. The van der Waals surface area contributed by atoms with Gasteiger partial charge in [0, 0.05) is 18.0 Å². The molecule has 7 nitrogen and oxygen atoms in total. The third kappa shape index (κ3) is 3.41. The molecule has 0 unspecified atom stereocenters. The second kappa shape index (κ2) is 7.10. The van der Waals surface area contributed by atoms with Crippen molar-refractivity contribution in [3.63, 3.8) is 0 Å². The summed E-state index contributed by atoms with van der Waals surface area (Å²) in [6.45, 7) is 0.529. The molecule has 4 aromatic rings. The number of anilines is 1. The molecule has 0 aliphatic rings. The maximum atomic E-state index is 5.30. The molecule has 130 valence electrons. The van der Waals surface area contributed by atoms with E-state index in [1.54, 1.807) is 30.4 Å². The minimum atomic E-state index is 0.529. The molecule has 3 heterocycles. The van der Waals surface area contributed by atoms with Gasteiger partial charge in [0.1, 0.15) is 11.5 Å². The number of nitrogens with one attached hydrogen (secondary N) is 1. The first-order valence-electron chi connectivity index (χ1n) is 8.10. The van der Waals surface area contributed by atoms with Crippen molar-refractivity contribution in [2.75, 3.05) is 12.4 Å². The largest absolute Gasteiger partial charge is 0.497 e. The highest BCUT2D eigenvalue weighted by Gasteiger charge is 2.07. The first kappa shape index (κ1) is 15.9. The summed E-state index contributed by atoms with van der Waals surface area (Å²) in [6.07, 6.45) is 7.07. The van der Waals surface area contributed by atoms with Crippen LogP contribution >= 0.6 is 0 Å². The van der Waals surface area contributed by atoms with Crippen LogP contribution in [-0.4, -0.2) is 26.9 Å². The molecule has 1 aromatic carbocycles. The number of ether oxygens (including phenoxy) is 1. The number of nitrogens with zero attached hydrogens (tertiary/aromatic N) is 4. The maximum absolute atomic E-state index is 5.30. The first-order valence-corrected chi connectivity index (χ1v) is 8.10. The molecule has 0 aliphatic carbocycles. The van der Waals surface area contributed by atoms with Gasteiger partial charge in [-0.05, 0) is 42.5 Å². The van der Waals surface area contributed by atoms with Gasteiger partial charge < -0.3 is 14.5 Å². The van der Waals surface area contributed by atoms with E-state index in [1.807, 2.05) is 48.7 Å². The van der Waals surface area contributed by atoms with Gasteiger partial charge in [0.05, 0.1) is 37.5 Å². The molecule has 0 saturated heterocycles. The summed E-state index contributed by atoms with van der Waals surface area (Å²) >= 11 is 0. The lowest BCUT2D eigenvalue weighted by molar-refractivity contribution is 0.414. The van der Waals surface area contributed by atoms with Crippen molar-refractivity contribution in [1.29, 1.82) is 0 Å². The highest BCUT2D eigenvalue weighted by molar-refractivity contribution is 5.58. The van der Waals surface area contributed by atoms with Crippen molar-refractivity contribution in [3.8, 4) is 22.7 Å². The lowest BCUT2D eigenvalue weighted by atomic mass is 10.2. The molecule has 26 heavy (non-hydrogen) atoms.